The van der Waals surface area contributed by atoms with Gasteiger partial charge in [-0.2, -0.15) is 0 Å². The molecule has 9 aliphatic rings. The first-order valence-electron chi connectivity index (χ1n) is 20.6. The van der Waals surface area contributed by atoms with E-state index in [1.54, 1.807) is 13.8 Å². The zero-order valence-corrected chi connectivity index (χ0v) is 34.1. The Balaban J connectivity index is 0.000000179. The van der Waals surface area contributed by atoms with Gasteiger partial charge in [-0.05, 0) is 167 Å². The van der Waals surface area contributed by atoms with Crippen LogP contribution in [0.2, 0.25) is 0 Å². The second-order valence-corrected chi connectivity index (χ2v) is 20.2. The monoisotopic (exact) mass is 747 g/mol. The van der Waals surface area contributed by atoms with Gasteiger partial charge in [-0.15, -0.1) is 0 Å². The lowest BCUT2D eigenvalue weighted by Crippen LogP contribution is -2.61. The van der Waals surface area contributed by atoms with Gasteiger partial charge in [0.2, 0.25) is 6.10 Å². The molecular weight excluding hydrogens is 672 g/mol. The molecule has 1 heterocycles. The predicted octanol–water partition coefficient (Wildman–Crippen LogP) is 9.15. The number of aliphatic hydroxyl groups is 1. The van der Waals surface area contributed by atoms with Crippen LogP contribution in [0, 0.1) is 51.8 Å². The van der Waals surface area contributed by atoms with Crippen molar-refractivity contribution in [2.75, 3.05) is 6.61 Å². The molecule has 9 rings (SSSR count). The number of esters is 4. The summed E-state index contributed by atoms with van der Waals surface area (Å²) < 4.78 is 21.9. The molecule has 1 N–H and O–H groups in total. The Labute approximate surface area is 320 Å². The minimum atomic E-state index is -0.687. The van der Waals surface area contributed by atoms with Crippen molar-refractivity contribution in [3.05, 3.63) is 0 Å². The summed E-state index contributed by atoms with van der Waals surface area (Å²) in [5.41, 5.74) is -2.35. The van der Waals surface area contributed by atoms with Gasteiger partial charge in [-0.25, -0.2) is 4.79 Å². The standard InChI is InChI=1S/C17H28O2.C16H26O3.C10H16O4.CH4/c1-5-16(2,3)15(18)19-17(4)13-7-11-6-12(9-13)10-14(17)8-11;1-4-14(2,3)13(17)19-16-8-11-5-12(9-16)7-15(18,6-11)10-16;1-4-10(2,3)9(12)14-7-5-6-13-8(7)11;/h11-14H,5-10H2,1-4H3;11-12,18H,4-10H2,1-3H3;7H,4-6H2,1-3H3;1H4. The maximum Gasteiger partial charge on any atom is 0.347 e. The van der Waals surface area contributed by atoms with Crippen LogP contribution < -0.4 is 0 Å². The molecule has 3 atom stereocenters. The largest absolute Gasteiger partial charge is 0.463 e. The van der Waals surface area contributed by atoms with E-state index < -0.39 is 28.5 Å². The third-order valence-corrected chi connectivity index (χ3v) is 14.8. The van der Waals surface area contributed by atoms with Crippen LogP contribution in [0.25, 0.3) is 0 Å². The molecule has 9 heteroatoms. The molecule has 53 heavy (non-hydrogen) atoms. The zero-order valence-electron chi connectivity index (χ0n) is 34.1. The van der Waals surface area contributed by atoms with Crippen molar-refractivity contribution in [1.82, 2.24) is 0 Å². The summed E-state index contributed by atoms with van der Waals surface area (Å²) in [6.45, 7) is 20.1. The summed E-state index contributed by atoms with van der Waals surface area (Å²) in [6, 6.07) is 0. The summed E-state index contributed by atoms with van der Waals surface area (Å²) in [5.74, 6) is 3.40. The fourth-order valence-corrected chi connectivity index (χ4v) is 10.5. The first kappa shape index (κ1) is 43.6. The second kappa shape index (κ2) is 15.8. The highest BCUT2D eigenvalue weighted by atomic mass is 16.6. The molecule has 1 saturated heterocycles. The predicted molar refractivity (Wildman–Crippen MR) is 204 cm³/mol. The molecule has 3 unspecified atom stereocenters. The van der Waals surface area contributed by atoms with Gasteiger partial charge < -0.3 is 24.1 Å². The van der Waals surface area contributed by atoms with Crippen LogP contribution in [0.1, 0.15) is 173 Å². The minimum absolute atomic E-state index is 0. The maximum atomic E-state index is 12.5. The van der Waals surface area contributed by atoms with E-state index in [-0.39, 0.29) is 42.0 Å². The lowest BCUT2D eigenvalue weighted by Gasteiger charge is -2.59. The van der Waals surface area contributed by atoms with Crippen molar-refractivity contribution < 1.29 is 43.2 Å². The molecule has 0 aromatic rings. The van der Waals surface area contributed by atoms with Crippen LogP contribution in [-0.2, 0) is 38.1 Å². The van der Waals surface area contributed by atoms with Crippen LogP contribution >= 0.6 is 0 Å². The zero-order chi connectivity index (χ0) is 38.5. The number of carbonyl (C=O) groups excluding carboxylic acids is 4. The lowest BCUT2D eigenvalue weighted by atomic mass is 9.50. The van der Waals surface area contributed by atoms with Crippen molar-refractivity contribution in [3.8, 4) is 0 Å². The summed E-state index contributed by atoms with van der Waals surface area (Å²) in [6.07, 6.45) is 14.4. The van der Waals surface area contributed by atoms with Crippen molar-refractivity contribution in [3.63, 3.8) is 0 Å². The first-order valence-corrected chi connectivity index (χ1v) is 20.6. The summed E-state index contributed by atoms with van der Waals surface area (Å²) in [7, 11) is 0. The topological polar surface area (TPSA) is 125 Å². The number of hydrogen-bond acceptors (Lipinski definition) is 9. The molecular formula is C44H74O9. The van der Waals surface area contributed by atoms with Crippen LogP contribution in [0.15, 0.2) is 0 Å². The average Bonchev–Trinajstić information content (AvgIpc) is 3.46. The van der Waals surface area contributed by atoms with E-state index in [1.807, 2.05) is 41.5 Å². The highest BCUT2D eigenvalue weighted by molar-refractivity contribution is 5.82. The molecule has 0 aromatic carbocycles. The Hall–Kier alpha value is -2.16. The van der Waals surface area contributed by atoms with Crippen molar-refractivity contribution in [2.24, 2.45) is 51.8 Å². The average molecular weight is 747 g/mol. The van der Waals surface area contributed by atoms with Gasteiger partial charge in [-0.1, -0.05) is 28.2 Å². The highest BCUT2D eigenvalue weighted by Crippen LogP contribution is 2.60. The summed E-state index contributed by atoms with van der Waals surface area (Å²) in [5, 5.41) is 10.6. The SMILES string of the molecule is C.CCC(C)(C)C(=O)OC1(C)C2CC3CC(C2)CC1C3.CCC(C)(C)C(=O)OC12CC3CC(CC(O)(C3)C1)C2.CCC(C)(C)C(=O)OC1CCOC1=O. The number of ether oxygens (including phenoxy) is 4. The molecule has 9 nitrogen and oxygen atoms in total. The van der Waals surface area contributed by atoms with Gasteiger partial charge in [-0.3, -0.25) is 14.4 Å². The molecule has 8 saturated carbocycles. The summed E-state index contributed by atoms with van der Waals surface area (Å²) >= 11 is 0. The number of carbonyl (C=O) groups is 4. The van der Waals surface area contributed by atoms with Gasteiger partial charge in [0.1, 0.15) is 11.2 Å². The molecule has 0 amide bonds. The molecule has 304 valence electrons. The molecule has 1 aliphatic heterocycles. The van der Waals surface area contributed by atoms with Crippen molar-refractivity contribution in [1.29, 1.82) is 0 Å². The Morgan fingerprint density at radius 2 is 1.13 bits per heavy atom. The van der Waals surface area contributed by atoms with Crippen LogP contribution in [0.4, 0.5) is 0 Å². The number of cyclic esters (lactones) is 1. The molecule has 0 spiro atoms. The summed E-state index contributed by atoms with van der Waals surface area (Å²) in [4.78, 5) is 47.4. The van der Waals surface area contributed by atoms with E-state index in [0.717, 1.165) is 50.4 Å². The van der Waals surface area contributed by atoms with Crippen LogP contribution in [0.5, 0.6) is 0 Å². The van der Waals surface area contributed by atoms with E-state index >= 15 is 0 Å². The molecule has 8 aliphatic carbocycles. The molecule has 0 radical (unpaired) electrons. The van der Waals surface area contributed by atoms with Crippen LogP contribution in [-0.4, -0.2) is 58.5 Å². The fraction of sp³-hybridized carbons (Fsp3) is 0.909. The van der Waals surface area contributed by atoms with Crippen LogP contribution in [0.3, 0.4) is 0 Å². The molecule has 0 aromatic heterocycles. The normalized spacial score (nSPS) is 37.6. The number of rotatable bonds is 9. The van der Waals surface area contributed by atoms with Gasteiger partial charge >= 0.3 is 23.9 Å². The third-order valence-electron chi connectivity index (χ3n) is 14.8. The Morgan fingerprint density at radius 3 is 1.55 bits per heavy atom. The van der Waals surface area contributed by atoms with E-state index in [9.17, 15) is 24.3 Å². The molecule has 9 fully saturated rings. The first-order chi connectivity index (χ1) is 24.1. The molecule has 8 bridgehead atoms. The Bertz CT molecular complexity index is 1300. The van der Waals surface area contributed by atoms with E-state index in [1.165, 1.54) is 38.5 Å². The third kappa shape index (κ3) is 9.28. The Kier molecular flexibility index (Phi) is 13.0. The maximum absolute atomic E-state index is 12.5. The van der Waals surface area contributed by atoms with E-state index in [4.69, 9.17) is 18.9 Å². The van der Waals surface area contributed by atoms with Gasteiger partial charge in [0.15, 0.2) is 0 Å². The van der Waals surface area contributed by atoms with Gasteiger partial charge in [0, 0.05) is 12.8 Å². The minimum Gasteiger partial charge on any atom is -0.463 e. The highest BCUT2D eigenvalue weighted by Gasteiger charge is 2.60. The van der Waals surface area contributed by atoms with Crippen molar-refractivity contribution in [2.45, 2.75) is 196 Å². The van der Waals surface area contributed by atoms with Gasteiger partial charge in [0.25, 0.3) is 0 Å². The van der Waals surface area contributed by atoms with E-state index in [2.05, 4.69) is 13.8 Å². The Morgan fingerprint density at radius 1 is 0.698 bits per heavy atom. The second-order valence-electron chi connectivity index (χ2n) is 20.2. The van der Waals surface area contributed by atoms with E-state index in [0.29, 0.717) is 49.5 Å². The number of hydrogen-bond donors (Lipinski definition) is 1. The smallest absolute Gasteiger partial charge is 0.347 e. The quantitative estimate of drug-likeness (QED) is 0.182. The van der Waals surface area contributed by atoms with Crippen molar-refractivity contribution >= 4 is 23.9 Å². The lowest BCUT2D eigenvalue weighted by molar-refractivity contribution is -0.225. The van der Waals surface area contributed by atoms with Gasteiger partial charge in [0.05, 0.1) is 28.5 Å². The fourth-order valence-electron chi connectivity index (χ4n) is 10.5.